The monoisotopic (exact) mass is 211 g/mol. The van der Waals surface area contributed by atoms with E-state index in [1.165, 1.54) is 38.8 Å². The Morgan fingerprint density at radius 3 is 2.73 bits per heavy atom. The Kier molecular flexibility index (Phi) is 3.65. The van der Waals surface area contributed by atoms with Crippen LogP contribution in [0.3, 0.4) is 0 Å². The van der Waals surface area contributed by atoms with E-state index in [0.717, 1.165) is 18.6 Å². The van der Waals surface area contributed by atoms with Crippen molar-refractivity contribution in [1.82, 2.24) is 9.80 Å². The SMILES string of the molecule is CC1CC(N2CCCCC2CN)CN1C. The standard InChI is InChI=1S/C12H25N3/c1-10-7-12(9-14(10)2)15-6-4-3-5-11(15)8-13/h10-12H,3-9,13H2,1-2H3. The molecule has 3 atom stereocenters. The lowest BCUT2D eigenvalue weighted by Gasteiger charge is -2.39. The summed E-state index contributed by atoms with van der Waals surface area (Å²) >= 11 is 0. The molecule has 0 aliphatic carbocycles. The van der Waals surface area contributed by atoms with E-state index in [1.54, 1.807) is 0 Å². The van der Waals surface area contributed by atoms with Crippen LogP contribution in [0.5, 0.6) is 0 Å². The van der Waals surface area contributed by atoms with E-state index in [0.29, 0.717) is 6.04 Å². The molecule has 15 heavy (non-hydrogen) atoms. The topological polar surface area (TPSA) is 32.5 Å². The molecule has 3 unspecified atom stereocenters. The highest BCUT2D eigenvalue weighted by Gasteiger charge is 2.34. The second kappa shape index (κ2) is 4.81. The number of hydrogen-bond donors (Lipinski definition) is 1. The molecule has 0 saturated carbocycles. The largest absolute Gasteiger partial charge is 0.329 e. The summed E-state index contributed by atoms with van der Waals surface area (Å²) in [5, 5.41) is 0. The lowest BCUT2D eigenvalue weighted by Crippen LogP contribution is -2.50. The number of hydrogen-bond acceptors (Lipinski definition) is 3. The summed E-state index contributed by atoms with van der Waals surface area (Å²) in [4.78, 5) is 5.16. The van der Waals surface area contributed by atoms with Crippen LogP contribution in [0, 0.1) is 0 Å². The van der Waals surface area contributed by atoms with Crippen molar-refractivity contribution in [3.8, 4) is 0 Å². The first kappa shape index (κ1) is 11.4. The molecule has 0 amide bonds. The average molecular weight is 211 g/mol. The molecule has 88 valence electrons. The summed E-state index contributed by atoms with van der Waals surface area (Å²) in [5.74, 6) is 0. The Labute approximate surface area is 93.6 Å². The molecule has 0 bridgehead atoms. The van der Waals surface area contributed by atoms with Crippen LogP contribution in [0.2, 0.25) is 0 Å². The fourth-order valence-corrected chi connectivity index (χ4v) is 3.16. The number of likely N-dealkylation sites (N-methyl/N-ethyl adjacent to an activating group) is 1. The van der Waals surface area contributed by atoms with Crippen LogP contribution in [0.1, 0.15) is 32.6 Å². The van der Waals surface area contributed by atoms with Gasteiger partial charge in [-0.3, -0.25) is 4.90 Å². The number of piperidine rings is 1. The molecule has 0 spiro atoms. The zero-order valence-corrected chi connectivity index (χ0v) is 10.2. The van der Waals surface area contributed by atoms with Crippen molar-refractivity contribution in [2.45, 2.75) is 50.7 Å². The summed E-state index contributed by atoms with van der Waals surface area (Å²) in [5.41, 5.74) is 5.88. The van der Waals surface area contributed by atoms with E-state index >= 15 is 0 Å². The van der Waals surface area contributed by atoms with Crippen LogP contribution in [0.25, 0.3) is 0 Å². The molecule has 0 radical (unpaired) electrons. The fraction of sp³-hybridized carbons (Fsp3) is 1.00. The van der Waals surface area contributed by atoms with E-state index in [1.807, 2.05) is 0 Å². The first-order chi connectivity index (χ1) is 7.22. The molecule has 0 aromatic carbocycles. The minimum atomic E-state index is 0.655. The summed E-state index contributed by atoms with van der Waals surface area (Å²) in [6.07, 6.45) is 5.37. The Morgan fingerprint density at radius 2 is 2.13 bits per heavy atom. The summed E-state index contributed by atoms with van der Waals surface area (Å²) in [7, 11) is 2.24. The van der Waals surface area contributed by atoms with Crippen LogP contribution < -0.4 is 5.73 Å². The first-order valence-corrected chi connectivity index (χ1v) is 6.38. The van der Waals surface area contributed by atoms with Crippen molar-refractivity contribution < 1.29 is 0 Å². The van der Waals surface area contributed by atoms with E-state index in [9.17, 15) is 0 Å². The van der Waals surface area contributed by atoms with Crippen LogP contribution >= 0.6 is 0 Å². The van der Waals surface area contributed by atoms with E-state index in [-0.39, 0.29) is 0 Å². The maximum Gasteiger partial charge on any atom is 0.0241 e. The van der Waals surface area contributed by atoms with Gasteiger partial charge in [0.15, 0.2) is 0 Å². The second-order valence-corrected chi connectivity index (χ2v) is 5.30. The molecule has 2 aliphatic rings. The van der Waals surface area contributed by atoms with Crippen LogP contribution in [-0.4, -0.2) is 54.6 Å². The molecule has 2 saturated heterocycles. The molecular weight excluding hydrogens is 186 g/mol. The quantitative estimate of drug-likeness (QED) is 0.736. The van der Waals surface area contributed by atoms with Gasteiger partial charge < -0.3 is 10.6 Å². The molecular formula is C12H25N3. The molecule has 3 heteroatoms. The lowest BCUT2D eigenvalue weighted by molar-refractivity contribution is 0.103. The van der Waals surface area contributed by atoms with Gasteiger partial charge in [0.2, 0.25) is 0 Å². The molecule has 3 nitrogen and oxygen atoms in total. The zero-order valence-electron chi connectivity index (χ0n) is 10.2. The molecule has 0 aromatic heterocycles. The smallest absolute Gasteiger partial charge is 0.0241 e. The predicted molar refractivity (Wildman–Crippen MR) is 63.9 cm³/mol. The van der Waals surface area contributed by atoms with E-state index < -0.39 is 0 Å². The van der Waals surface area contributed by atoms with Gasteiger partial charge >= 0.3 is 0 Å². The third kappa shape index (κ3) is 2.35. The predicted octanol–water partition coefficient (Wildman–Crippen LogP) is 0.892. The van der Waals surface area contributed by atoms with Gasteiger partial charge in [0.1, 0.15) is 0 Å². The van der Waals surface area contributed by atoms with Crippen LogP contribution in [0.4, 0.5) is 0 Å². The molecule has 0 aromatic rings. The Bertz CT molecular complexity index is 197. The minimum Gasteiger partial charge on any atom is -0.329 e. The third-order valence-corrected chi connectivity index (χ3v) is 4.28. The summed E-state index contributed by atoms with van der Waals surface area (Å²) < 4.78 is 0. The fourth-order valence-electron chi connectivity index (χ4n) is 3.16. The number of likely N-dealkylation sites (tertiary alicyclic amines) is 2. The van der Waals surface area contributed by atoms with E-state index in [4.69, 9.17) is 5.73 Å². The zero-order chi connectivity index (χ0) is 10.8. The second-order valence-electron chi connectivity index (χ2n) is 5.30. The molecule has 2 fully saturated rings. The van der Waals surface area contributed by atoms with Gasteiger partial charge in [-0.25, -0.2) is 0 Å². The highest BCUT2D eigenvalue weighted by Crippen LogP contribution is 2.26. The normalized spacial score (nSPS) is 39.8. The third-order valence-electron chi connectivity index (χ3n) is 4.28. The maximum absolute atomic E-state index is 5.88. The van der Waals surface area contributed by atoms with Gasteiger partial charge in [-0.05, 0) is 39.8 Å². The summed E-state index contributed by atoms with van der Waals surface area (Å²) in [6, 6.07) is 2.16. The van der Waals surface area contributed by atoms with Gasteiger partial charge in [0, 0.05) is 31.2 Å². The van der Waals surface area contributed by atoms with Gasteiger partial charge in [0.25, 0.3) is 0 Å². The Balaban J connectivity index is 1.96. The summed E-state index contributed by atoms with van der Waals surface area (Å²) in [6.45, 7) is 5.68. The lowest BCUT2D eigenvalue weighted by atomic mass is 9.99. The van der Waals surface area contributed by atoms with Crippen molar-refractivity contribution in [2.75, 3.05) is 26.7 Å². The van der Waals surface area contributed by atoms with Gasteiger partial charge in [0.05, 0.1) is 0 Å². The molecule has 2 heterocycles. The van der Waals surface area contributed by atoms with Crippen molar-refractivity contribution in [3.63, 3.8) is 0 Å². The van der Waals surface area contributed by atoms with Gasteiger partial charge in [-0.1, -0.05) is 6.42 Å². The highest BCUT2D eigenvalue weighted by atomic mass is 15.3. The molecule has 2 aliphatic heterocycles. The number of nitrogens with two attached hydrogens (primary N) is 1. The number of nitrogens with zero attached hydrogens (tertiary/aromatic N) is 2. The van der Waals surface area contributed by atoms with Crippen LogP contribution in [-0.2, 0) is 0 Å². The Hall–Kier alpha value is -0.120. The van der Waals surface area contributed by atoms with Crippen molar-refractivity contribution in [3.05, 3.63) is 0 Å². The van der Waals surface area contributed by atoms with Crippen molar-refractivity contribution >= 4 is 0 Å². The number of rotatable bonds is 2. The minimum absolute atomic E-state index is 0.655. The van der Waals surface area contributed by atoms with E-state index in [2.05, 4.69) is 23.8 Å². The molecule has 2 N–H and O–H groups in total. The Morgan fingerprint density at radius 1 is 1.33 bits per heavy atom. The van der Waals surface area contributed by atoms with Crippen molar-refractivity contribution in [1.29, 1.82) is 0 Å². The van der Waals surface area contributed by atoms with Crippen LogP contribution in [0.15, 0.2) is 0 Å². The molecule has 2 rings (SSSR count). The van der Waals surface area contributed by atoms with Crippen molar-refractivity contribution in [2.24, 2.45) is 5.73 Å². The maximum atomic E-state index is 5.88. The van der Waals surface area contributed by atoms with Gasteiger partial charge in [-0.15, -0.1) is 0 Å². The highest BCUT2D eigenvalue weighted by molar-refractivity contribution is 4.91. The first-order valence-electron chi connectivity index (χ1n) is 6.38. The average Bonchev–Trinajstić information content (AvgIpc) is 2.59. The van der Waals surface area contributed by atoms with Gasteiger partial charge in [-0.2, -0.15) is 0 Å².